The van der Waals surface area contributed by atoms with E-state index < -0.39 is 0 Å². The third-order valence-electron chi connectivity index (χ3n) is 2.95. The number of nitrogens with zero attached hydrogens (tertiary/aromatic N) is 4. The average molecular weight is 267 g/mol. The van der Waals surface area contributed by atoms with E-state index in [-0.39, 0.29) is 5.91 Å². The Kier molecular flexibility index (Phi) is 3.12. The first-order valence-corrected chi connectivity index (χ1v) is 6.33. The summed E-state index contributed by atoms with van der Waals surface area (Å²) in [5, 5.41) is 14.9. The van der Waals surface area contributed by atoms with Crippen LogP contribution in [0.5, 0.6) is 0 Å². The molecule has 1 aromatic carbocycles. The van der Waals surface area contributed by atoms with Crippen LogP contribution in [0.2, 0.25) is 0 Å². The Morgan fingerprint density at radius 1 is 1.20 bits per heavy atom. The molecule has 3 rings (SSSR count). The molecule has 0 saturated heterocycles. The summed E-state index contributed by atoms with van der Waals surface area (Å²) in [5.74, 6) is 0.00165. The van der Waals surface area contributed by atoms with E-state index in [9.17, 15) is 4.79 Å². The summed E-state index contributed by atoms with van der Waals surface area (Å²) in [4.78, 5) is 11.3. The summed E-state index contributed by atoms with van der Waals surface area (Å²) in [5.41, 5.74) is 3.28. The second kappa shape index (κ2) is 5.08. The number of amides is 1. The Morgan fingerprint density at radius 2 is 2.00 bits per heavy atom. The SMILES string of the molecule is CCC(=O)Nc1ccc(-c2ccc3nncn3n2)cc1. The lowest BCUT2D eigenvalue weighted by Gasteiger charge is -2.05. The standard InChI is InChI=1S/C14H13N5O/c1-2-14(20)16-11-5-3-10(4-6-11)12-7-8-13-17-15-9-19(13)18-12/h3-9H,2H2,1H3,(H,16,20). The van der Waals surface area contributed by atoms with Crippen molar-refractivity contribution in [2.75, 3.05) is 5.32 Å². The zero-order chi connectivity index (χ0) is 13.9. The summed E-state index contributed by atoms with van der Waals surface area (Å²) in [6.07, 6.45) is 2.03. The maximum absolute atomic E-state index is 11.3. The number of nitrogens with one attached hydrogen (secondary N) is 1. The molecule has 0 saturated carbocycles. The van der Waals surface area contributed by atoms with Crippen molar-refractivity contribution in [3.05, 3.63) is 42.7 Å². The van der Waals surface area contributed by atoms with Crippen molar-refractivity contribution < 1.29 is 4.79 Å². The summed E-state index contributed by atoms with van der Waals surface area (Å²) in [6.45, 7) is 1.82. The molecular weight excluding hydrogens is 254 g/mol. The number of fused-ring (bicyclic) bond motifs is 1. The largest absolute Gasteiger partial charge is 0.326 e. The Bertz CT molecular complexity index is 748. The van der Waals surface area contributed by atoms with Crippen LogP contribution >= 0.6 is 0 Å². The molecule has 0 aliphatic rings. The Balaban J connectivity index is 1.88. The molecule has 0 bridgehead atoms. The highest BCUT2D eigenvalue weighted by Crippen LogP contribution is 2.19. The van der Waals surface area contributed by atoms with E-state index >= 15 is 0 Å². The van der Waals surface area contributed by atoms with Gasteiger partial charge in [-0.25, -0.2) is 0 Å². The first-order chi connectivity index (χ1) is 9.76. The molecule has 0 radical (unpaired) electrons. The van der Waals surface area contributed by atoms with Crippen molar-refractivity contribution in [1.82, 2.24) is 19.8 Å². The highest BCUT2D eigenvalue weighted by atomic mass is 16.1. The van der Waals surface area contributed by atoms with E-state index in [0.29, 0.717) is 12.1 Å². The number of anilines is 1. The Labute approximate surface area is 115 Å². The molecule has 20 heavy (non-hydrogen) atoms. The van der Waals surface area contributed by atoms with Gasteiger partial charge in [0.2, 0.25) is 5.91 Å². The average Bonchev–Trinajstić information content (AvgIpc) is 2.95. The van der Waals surface area contributed by atoms with E-state index in [1.54, 1.807) is 10.8 Å². The van der Waals surface area contributed by atoms with Gasteiger partial charge in [-0.05, 0) is 24.3 Å². The van der Waals surface area contributed by atoms with Gasteiger partial charge in [-0.15, -0.1) is 10.2 Å². The highest BCUT2D eigenvalue weighted by molar-refractivity contribution is 5.90. The number of hydrogen-bond acceptors (Lipinski definition) is 4. The zero-order valence-electron chi connectivity index (χ0n) is 10.9. The molecule has 0 unspecified atom stereocenters. The Morgan fingerprint density at radius 3 is 2.75 bits per heavy atom. The molecule has 6 nitrogen and oxygen atoms in total. The van der Waals surface area contributed by atoms with E-state index in [1.165, 1.54) is 0 Å². The van der Waals surface area contributed by atoms with Crippen LogP contribution in [-0.2, 0) is 4.79 Å². The summed E-state index contributed by atoms with van der Waals surface area (Å²) >= 11 is 0. The van der Waals surface area contributed by atoms with Crippen molar-refractivity contribution >= 4 is 17.2 Å². The second-order valence-corrected chi connectivity index (χ2v) is 4.33. The van der Waals surface area contributed by atoms with E-state index in [4.69, 9.17) is 0 Å². The lowest BCUT2D eigenvalue weighted by atomic mass is 10.1. The molecule has 2 aromatic heterocycles. The molecule has 1 amide bonds. The normalized spacial score (nSPS) is 10.7. The van der Waals surface area contributed by atoms with Crippen LogP contribution in [0, 0.1) is 0 Å². The van der Waals surface area contributed by atoms with Crippen molar-refractivity contribution in [1.29, 1.82) is 0 Å². The van der Waals surface area contributed by atoms with Crippen LogP contribution in [0.1, 0.15) is 13.3 Å². The molecule has 3 aromatic rings. The van der Waals surface area contributed by atoms with Crippen molar-refractivity contribution in [2.45, 2.75) is 13.3 Å². The van der Waals surface area contributed by atoms with Crippen LogP contribution in [0.25, 0.3) is 16.9 Å². The third kappa shape index (κ3) is 2.35. The molecule has 2 heterocycles. The first kappa shape index (κ1) is 12.3. The van der Waals surface area contributed by atoms with Gasteiger partial charge in [0.05, 0.1) is 5.69 Å². The number of carbonyl (C=O) groups excluding carboxylic acids is 1. The number of aromatic nitrogens is 4. The molecule has 0 spiro atoms. The minimum absolute atomic E-state index is 0.00165. The maximum atomic E-state index is 11.3. The van der Waals surface area contributed by atoms with Gasteiger partial charge in [-0.1, -0.05) is 19.1 Å². The topological polar surface area (TPSA) is 72.2 Å². The summed E-state index contributed by atoms with van der Waals surface area (Å²) in [7, 11) is 0. The van der Waals surface area contributed by atoms with Crippen LogP contribution in [0.15, 0.2) is 42.7 Å². The fourth-order valence-electron chi connectivity index (χ4n) is 1.86. The Hall–Kier alpha value is -2.76. The number of benzene rings is 1. The van der Waals surface area contributed by atoms with E-state index in [0.717, 1.165) is 16.9 Å². The third-order valence-corrected chi connectivity index (χ3v) is 2.95. The van der Waals surface area contributed by atoms with Gasteiger partial charge in [0.25, 0.3) is 0 Å². The fraction of sp³-hybridized carbons (Fsp3) is 0.143. The molecule has 0 fully saturated rings. The molecule has 6 heteroatoms. The van der Waals surface area contributed by atoms with Crippen molar-refractivity contribution in [3.63, 3.8) is 0 Å². The quantitative estimate of drug-likeness (QED) is 0.789. The van der Waals surface area contributed by atoms with Crippen LogP contribution in [-0.4, -0.2) is 25.7 Å². The summed E-state index contributed by atoms with van der Waals surface area (Å²) in [6, 6.07) is 11.3. The zero-order valence-corrected chi connectivity index (χ0v) is 10.9. The van der Waals surface area contributed by atoms with Gasteiger partial charge in [-0.2, -0.15) is 9.61 Å². The van der Waals surface area contributed by atoms with Crippen LogP contribution in [0.4, 0.5) is 5.69 Å². The van der Waals surface area contributed by atoms with Gasteiger partial charge in [0, 0.05) is 17.7 Å². The van der Waals surface area contributed by atoms with Crippen LogP contribution in [0.3, 0.4) is 0 Å². The van der Waals surface area contributed by atoms with E-state index in [1.807, 2.05) is 43.3 Å². The minimum Gasteiger partial charge on any atom is -0.326 e. The van der Waals surface area contributed by atoms with Gasteiger partial charge in [0.15, 0.2) is 5.65 Å². The highest BCUT2D eigenvalue weighted by Gasteiger charge is 2.04. The summed E-state index contributed by atoms with van der Waals surface area (Å²) < 4.78 is 1.63. The van der Waals surface area contributed by atoms with Gasteiger partial charge < -0.3 is 5.32 Å². The monoisotopic (exact) mass is 267 g/mol. The second-order valence-electron chi connectivity index (χ2n) is 4.33. The molecule has 100 valence electrons. The number of rotatable bonds is 3. The van der Waals surface area contributed by atoms with Gasteiger partial charge in [0.1, 0.15) is 6.33 Å². The van der Waals surface area contributed by atoms with E-state index in [2.05, 4.69) is 20.6 Å². The maximum Gasteiger partial charge on any atom is 0.224 e. The lowest BCUT2D eigenvalue weighted by Crippen LogP contribution is -2.09. The predicted molar refractivity (Wildman–Crippen MR) is 75.1 cm³/mol. The predicted octanol–water partition coefficient (Wildman–Crippen LogP) is 2.14. The van der Waals surface area contributed by atoms with Crippen molar-refractivity contribution in [2.24, 2.45) is 0 Å². The lowest BCUT2D eigenvalue weighted by molar-refractivity contribution is -0.115. The first-order valence-electron chi connectivity index (χ1n) is 6.33. The fourth-order valence-corrected chi connectivity index (χ4v) is 1.86. The molecule has 1 N–H and O–H groups in total. The minimum atomic E-state index is 0.00165. The molecule has 0 aliphatic carbocycles. The molecular formula is C14H13N5O. The smallest absolute Gasteiger partial charge is 0.224 e. The number of carbonyl (C=O) groups is 1. The van der Waals surface area contributed by atoms with Crippen molar-refractivity contribution in [3.8, 4) is 11.3 Å². The molecule has 0 atom stereocenters. The molecule has 0 aliphatic heterocycles. The number of hydrogen-bond donors (Lipinski definition) is 1. The van der Waals surface area contributed by atoms with Gasteiger partial charge in [-0.3, -0.25) is 4.79 Å². The van der Waals surface area contributed by atoms with Crippen LogP contribution < -0.4 is 5.32 Å². The van der Waals surface area contributed by atoms with Gasteiger partial charge >= 0.3 is 0 Å².